The molecule has 1 amide bonds. The Kier molecular flexibility index (Phi) is 4.82. The highest BCUT2D eigenvalue weighted by molar-refractivity contribution is 7.17. The van der Waals surface area contributed by atoms with Gasteiger partial charge in [-0.1, -0.05) is 0 Å². The van der Waals surface area contributed by atoms with Crippen LogP contribution >= 0.6 is 11.3 Å². The molecule has 4 heterocycles. The highest BCUT2D eigenvalue weighted by Crippen LogP contribution is 2.33. The molecular formula is C19H24N6OS. The lowest BCUT2D eigenvalue weighted by Crippen LogP contribution is -2.38. The van der Waals surface area contributed by atoms with Crippen molar-refractivity contribution in [1.29, 1.82) is 0 Å². The van der Waals surface area contributed by atoms with E-state index >= 15 is 0 Å². The molecule has 142 valence electrons. The van der Waals surface area contributed by atoms with E-state index in [-0.39, 0.29) is 11.8 Å². The number of piperidine rings is 1. The highest BCUT2D eigenvalue weighted by Gasteiger charge is 2.27. The summed E-state index contributed by atoms with van der Waals surface area (Å²) in [4.78, 5) is 25.2. The van der Waals surface area contributed by atoms with Gasteiger partial charge >= 0.3 is 0 Å². The van der Waals surface area contributed by atoms with Crippen LogP contribution in [0.1, 0.15) is 31.2 Å². The second-order valence-electron chi connectivity index (χ2n) is 7.03. The molecule has 1 N–H and O–H groups in total. The zero-order valence-electron chi connectivity index (χ0n) is 15.9. The van der Waals surface area contributed by atoms with Gasteiger partial charge in [0.15, 0.2) is 0 Å². The zero-order chi connectivity index (χ0) is 19.0. The maximum atomic E-state index is 12.6. The predicted molar refractivity (Wildman–Crippen MR) is 108 cm³/mol. The summed E-state index contributed by atoms with van der Waals surface area (Å²) in [5.41, 5.74) is 1.99. The van der Waals surface area contributed by atoms with Crippen molar-refractivity contribution in [2.75, 3.05) is 23.3 Å². The maximum Gasteiger partial charge on any atom is 0.227 e. The molecule has 1 fully saturated rings. The fourth-order valence-electron chi connectivity index (χ4n) is 3.59. The first kappa shape index (κ1) is 17.9. The van der Waals surface area contributed by atoms with Gasteiger partial charge in [-0.25, -0.2) is 9.97 Å². The number of fused-ring (bicyclic) bond motifs is 1. The number of rotatable bonds is 4. The third kappa shape index (κ3) is 3.53. The van der Waals surface area contributed by atoms with Gasteiger partial charge in [0.1, 0.15) is 16.5 Å². The molecule has 4 rings (SSSR count). The van der Waals surface area contributed by atoms with Crippen molar-refractivity contribution >= 4 is 39.0 Å². The lowest BCUT2D eigenvalue weighted by molar-refractivity contribution is -0.120. The second-order valence-corrected chi connectivity index (χ2v) is 7.89. The first-order valence-electron chi connectivity index (χ1n) is 9.36. The molecule has 3 aromatic heterocycles. The molecule has 7 nitrogen and oxygen atoms in total. The second kappa shape index (κ2) is 7.26. The Morgan fingerprint density at radius 1 is 1.30 bits per heavy atom. The monoisotopic (exact) mass is 384 g/mol. The third-order valence-electron chi connectivity index (χ3n) is 5.10. The Labute approximate surface area is 162 Å². The number of carbonyl (C=O) groups excluding carboxylic acids is 1. The van der Waals surface area contributed by atoms with Crippen LogP contribution in [0.3, 0.4) is 0 Å². The number of nitrogens with one attached hydrogen (secondary N) is 1. The molecule has 27 heavy (non-hydrogen) atoms. The Balaban J connectivity index is 1.44. The number of anilines is 2. The minimum atomic E-state index is 0.0215. The maximum absolute atomic E-state index is 12.6. The molecular weight excluding hydrogens is 360 g/mol. The summed E-state index contributed by atoms with van der Waals surface area (Å²) in [5.74, 6) is 1.92. The predicted octanol–water partition coefficient (Wildman–Crippen LogP) is 3.38. The largest absolute Gasteiger partial charge is 0.356 e. The molecule has 0 spiro atoms. The minimum absolute atomic E-state index is 0.0215. The number of nitrogens with zero attached hydrogens (tertiary/aromatic N) is 5. The summed E-state index contributed by atoms with van der Waals surface area (Å²) in [6, 6.07) is 0. The molecule has 0 saturated carbocycles. The van der Waals surface area contributed by atoms with Crippen molar-refractivity contribution in [3.05, 3.63) is 29.2 Å². The average Bonchev–Trinajstić information content (AvgIpc) is 3.28. The molecule has 0 aliphatic carbocycles. The number of amides is 1. The van der Waals surface area contributed by atoms with Gasteiger partial charge in [-0.15, -0.1) is 11.3 Å². The van der Waals surface area contributed by atoms with Gasteiger partial charge in [0.05, 0.1) is 17.3 Å². The van der Waals surface area contributed by atoms with E-state index in [0.717, 1.165) is 60.0 Å². The average molecular weight is 385 g/mol. The number of hydrogen-bond acceptors (Lipinski definition) is 6. The van der Waals surface area contributed by atoms with E-state index in [0.29, 0.717) is 0 Å². The molecule has 0 bridgehead atoms. The van der Waals surface area contributed by atoms with Crippen LogP contribution in [-0.4, -0.2) is 38.7 Å². The van der Waals surface area contributed by atoms with E-state index in [1.165, 1.54) is 5.56 Å². The first-order chi connectivity index (χ1) is 13.0. The van der Waals surface area contributed by atoms with Gasteiger partial charge in [-0.05, 0) is 44.6 Å². The molecule has 0 aromatic carbocycles. The van der Waals surface area contributed by atoms with Crippen molar-refractivity contribution in [2.24, 2.45) is 5.92 Å². The van der Waals surface area contributed by atoms with Crippen molar-refractivity contribution < 1.29 is 4.79 Å². The van der Waals surface area contributed by atoms with Gasteiger partial charge < -0.3 is 10.2 Å². The van der Waals surface area contributed by atoms with Crippen LogP contribution in [0.4, 0.5) is 11.5 Å². The Hall–Kier alpha value is -2.48. The molecule has 0 unspecified atom stereocenters. The normalized spacial score (nSPS) is 15.4. The summed E-state index contributed by atoms with van der Waals surface area (Å²) in [7, 11) is 0. The van der Waals surface area contributed by atoms with Crippen LogP contribution in [0.2, 0.25) is 0 Å². The van der Waals surface area contributed by atoms with Crippen molar-refractivity contribution in [2.45, 2.75) is 40.2 Å². The highest BCUT2D eigenvalue weighted by atomic mass is 32.1. The van der Waals surface area contributed by atoms with Gasteiger partial charge in [-0.3, -0.25) is 9.48 Å². The molecule has 0 atom stereocenters. The van der Waals surface area contributed by atoms with Crippen LogP contribution in [0.15, 0.2) is 17.8 Å². The molecule has 1 aliphatic rings. The van der Waals surface area contributed by atoms with Gasteiger partial charge in [0, 0.05) is 31.7 Å². The Bertz CT molecular complexity index is 970. The van der Waals surface area contributed by atoms with E-state index in [1.54, 1.807) is 17.5 Å². The topological polar surface area (TPSA) is 75.9 Å². The minimum Gasteiger partial charge on any atom is -0.356 e. The number of carbonyl (C=O) groups is 1. The standard InChI is InChI=1S/C19H24N6OS/c1-4-25-10-15(9-20-25)23-18(26)14-5-7-24(8-6-14)17-16-12(2)11-27-19(16)22-13(3)21-17/h9-11,14H,4-8H2,1-3H3,(H,23,26). The number of hydrogen-bond donors (Lipinski definition) is 1. The fraction of sp³-hybridized carbons (Fsp3) is 0.474. The van der Waals surface area contributed by atoms with Gasteiger partial charge in [0.2, 0.25) is 5.91 Å². The van der Waals surface area contributed by atoms with E-state index in [2.05, 4.69) is 32.6 Å². The summed E-state index contributed by atoms with van der Waals surface area (Å²) >= 11 is 1.67. The molecule has 3 aromatic rings. The van der Waals surface area contributed by atoms with Crippen LogP contribution in [0.25, 0.3) is 10.2 Å². The third-order valence-corrected chi connectivity index (χ3v) is 6.09. The first-order valence-corrected chi connectivity index (χ1v) is 10.2. The van der Waals surface area contributed by atoms with Gasteiger partial charge in [-0.2, -0.15) is 5.10 Å². The summed E-state index contributed by atoms with van der Waals surface area (Å²) in [6.07, 6.45) is 5.21. The fourth-order valence-corrected chi connectivity index (χ4v) is 4.55. The van der Waals surface area contributed by atoms with E-state index in [4.69, 9.17) is 4.98 Å². The smallest absolute Gasteiger partial charge is 0.227 e. The number of aryl methyl sites for hydroxylation is 3. The molecule has 1 aliphatic heterocycles. The van der Waals surface area contributed by atoms with Crippen LogP contribution < -0.4 is 10.2 Å². The number of aromatic nitrogens is 4. The quantitative estimate of drug-likeness (QED) is 0.746. The molecule has 0 radical (unpaired) electrons. The zero-order valence-corrected chi connectivity index (χ0v) is 16.7. The van der Waals surface area contributed by atoms with E-state index < -0.39 is 0 Å². The van der Waals surface area contributed by atoms with Gasteiger partial charge in [0.25, 0.3) is 0 Å². The van der Waals surface area contributed by atoms with E-state index in [1.807, 2.05) is 24.7 Å². The Morgan fingerprint density at radius 2 is 2.07 bits per heavy atom. The van der Waals surface area contributed by atoms with E-state index in [9.17, 15) is 4.79 Å². The lowest BCUT2D eigenvalue weighted by Gasteiger charge is -2.32. The van der Waals surface area contributed by atoms with Crippen LogP contribution in [0.5, 0.6) is 0 Å². The van der Waals surface area contributed by atoms with Crippen LogP contribution in [-0.2, 0) is 11.3 Å². The van der Waals surface area contributed by atoms with Crippen LogP contribution in [0, 0.1) is 19.8 Å². The van der Waals surface area contributed by atoms with Crippen molar-refractivity contribution in [3.8, 4) is 0 Å². The number of thiophene rings is 1. The van der Waals surface area contributed by atoms with Crippen molar-refractivity contribution in [1.82, 2.24) is 19.7 Å². The molecule has 1 saturated heterocycles. The SMILES string of the molecule is CCn1cc(NC(=O)C2CCN(c3nc(C)nc4scc(C)c34)CC2)cn1. The Morgan fingerprint density at radius 3 is 2.78 bits per heavy atom. The van der Waals surface area contributed by atoms with Crippen molar-refractivity contribution in [3.63, 3.8) is 0 Å². The summed E-state index contributed by atoms with van der Waals surface area (Å²) < 4.78 is 1.81. The summed E-state index contributed by atoms with van der Waals surface area (Å²) in [6.45, 7) is 8.52. The lowest BCUT2D eigenvalue weighted by atomic mass is 9.95. The summed E-state index contributed by atoms with van der Waals surface area (Å²) in [5, 5.41) is 10.5. The molecule has 8 heteroatoms.